The summed E-state index contributed by atoms with van der Waals surface area (Å²) >= 11 is 0. The molecule has 2 heterocycles. The molecular weight excluding hydrogens is 667 g/mol. The van der Waals surface area contributed by atoms with Crippen LogP contribution < -0.4 is 9.80 Å². The van der Waals surface area contributed by atoms with Crippen LogP contribution in [-0.2, 0) is 5.41 Å². The zero-order valence-corrected chi connectivity index (χ0v) is 32.9. The summed E-state index contributed by atoms with van der Waals surface area (Å²) in [5.74, 6) is 1.46. The highest BCUT2D eigenvalue weighted by molar-refractivity contribution is 5.85. The average molecular weight is 718 g/mol. The highest BCUT2D eigenvalue weighted by Gasteiger charge is 2.38. The molecule has 0 N–H and O–H groups in total. The largest absolute Gasteiger partial charge is 0.337 e. The maximum absolute atomic E-state index is 4.58. The lowest BCUT2D eigenvalue weighted by molar-refractivity contribution is 0.557. The molecule has 0 aromatic heterocycles. The highest BCUT2D eigenvalue weighted by atomic mass is 15.2. The Balaban J connectivity index is 1.12. The number of anilines is 3. The molecule has 55 heavy (non-hydrogen) atoms. The first-order valence-corrected chi connectivity index (χ1v) is 20.1. The lowest BCUT2D eigenvalue weighted by Gasteiger charge is -2.34. The van der Waals surface area contributed by atoms with E-state index < -0.39 is 0 Å². The Morgan fingerprint density at radius 2 is 1.58 bits per heavy atom. The maximum atomic E-state index is 4.58. The molecule has 0 fully saturated rings. The van der Waals surface area contributed by atoms with Gasteiger partial charge in [-0.25, -0.2) is 0 Å². The summed E-state index contributed by atoms with van der Waals surface area (Å²) in [7, 11) is 0. The van der Waals surface area contributed by atoms with Crippen LogP contribution in [0.15, 0.2) is 174 Å². The van der Waals surface area contributed by atoms with Gasteiger partial charge in [-0.05, 0) is 120 Å². The van der Waals surface area contributed by atoms with Crippen molar-refractivity contribution in [1.29, 1.82) is 0 Å². The normalized spacial score (nSPS) is 24.4. The van der Waals surface area contributed by atoms with Crippen molar-refractivity contribution in [3.63, 3.8) is 0 Å². The maximum Gasteiger partial charge on any atom is 0.0626 e. The molecule has 2 aliphatic heterocycles. The van der Waals surface area contributed by atoms with Crippen LogP contribution in [0.3, 0.4) is 0 Å². The molecule has 274 valence electrons. The third-order valence-electron chi connectivity index (χ3n) is 12.6. The first-order chi connectivity index (χ1) is 26.7. The van der Waals surface area contributed by atoms with Crippen LogP contribution in [0, 0.1) is 17.8 Å². The fourth-order valence-corrected chi connectivity index (χ4v) is 9.74. The van der Waals surface area contributed by atoms with Gasteiger partial charge in [0.25, 0.3) is 0 Å². The third kappa shape index (κ3) is 6.01. The summed E-state index contributed by atoms with van der Waals surface area (Å²) in [6.07, 6.45) is 27.9. The first-order valence-electron chi connectivity index (χ1n) is 20.1. The van der Waals surface area contributed by atoms with Crippen LogP contribution in [0.1, 0.15) is 70.6 Å². The van der Waals surface area contributed by atoms with Gasteiger partial charge in [0.2, 0.25) is 0 Å². The van der Waals surface area contributed by atoms with Gasteiger partial charge in [-0.2, -0.15) is 0 Å². The van der Waals surface area contributed by atoms with Gasteiger partial charge in [-0.3, -0.25) is 4.99 Å². The van der Waals surface area contributed by atoms with Crippen molar-refractivity contribution < 1.29 is 0 Å². The summed E-state index contributed by atoms with van der Waals surface area (Å²) < 4.78 is 0. The minimum atomic E-state index is -0.0838. The van der Waals surface area contributed by atoms with Crippen molar-refractivity contribution in [2.75, 3.05) is 9.80 Å². The van der Waals surface area contributed by atoms with Gasteiger partial charge >= 0.3 is 0 Å². The molecule has 5 aliphatic rings. The molecule has 0 spiro atoms. The molecule has 0 amide bonds. The number of nitrogens with zero attached hydrogens (tertiary/aromatic N) is 3. The average Bonchev–Trinajstić information content (AvgIpc) is 3.65. The van der Waals surface area contributed by atoms with Crippen LogP contribution in [0.2, 0.25) is 0 Å². The molecular formula is C52H51N3. The fraction of sp³-hybridized carbons (Fsp3) is 0.250. The predicted molar refractivity (Wildman–Crippen MR) is 234 cm³/mol. The summed E-state index contributed by atoms with van der Waals surface area (Å²) in [6, 6.07) is 32.7. The summed E-state index contributed by atoms with van der Waals surface area (Å²) in [4.78, 5) is 9.57. The van der Waals surface area contributed by atoms with Crippen LogP contribution in [0.5, 0.6) is 0 Å². The van der Waals surface area contributed by atoms with E-state index in [0.29, 0.717) is 29.7 Å². The summed E-state index contributed by atoms with van der Waals surface area (Å²) in [6.45, 7) is 13.7. The Hall–Kier alpha value is -5.67. The lowest BCUT2D eigenvalue weighted by Crippen LogP contribution is -2.31. The Morgan fingerprint density at radius 1 is 0.818 bits per heavy atom. The molecule has 5 atom stereocenters. The first kappa shape index (κ1) is 35.1. The van der Waals surface area contributed by atoms with E-state index in [2.05, 4.69) is 208 Å². The standard InChI is InChI=1S/C52H51N3/c1-7-8-13-36(4)54-50-17-12-10-15-45(50)46-31-38(20-25-51(46)54)37-18-21-40(22-19-37)55(42-29-34(2)28-39(30-42)47-33-53-27-26-35(47)3)41-23-24-44-43-14-9-11-16-48(43)52(5,6)49(44)32-41/h7-27,29-35,45,47,50H,28H2,1-6H3/b8-7-,36-13+. The van der Waals surface area contributed by atoms with Crippen LogP contribution in [0.25, 0.3) is 22.3 Å². The monoisotopic (exact) mass is 717 g/mol. The van der Waals surface area contributed by atoms with Gasteiger partial charge in [0, 0.05) is 58.1 Å². The highest BCUT2D eigenvalue weighted by Crippen LogP contribution is 2.51. The van der Waals surface area contributed by atoms with E-state index in [-0.39, 0.29) is 5.41 Å². The Labute approximate surface area is 327 Å². The number of rotatable bonds is 7. The smallest absolute Gasteiger partial charge is 0.0626 e. The van der Waals surface area contributed by atoms with Crippen molar-refractivity contribution in [3.8, 4) is 22.3 Å². The van der Waals surface area contributed by atoms with Gasteiger partial charge in [0.05, 0.1) is 6.04 Å². The molecule has 0 radical (unpaired) electrons. The summed E-state index contributed by atoms with van der Waals surface area (Å²) in [5, 5.41) is 0. The van der Waals surface area contributed by atoms with Crippen LogP contribution in [0.4, 0.5) is 17.1 Å². The predicted octanol–water partition coefficient (Wildman–Crippen LogP) is 13.4. The van der Waals surface area contributed by atoms with Crippen molar-refractivity contribution in [2.45, 2.75) is 65.3 Å². The second-order valence-corrected chi connectivity index (χ2v) is 16.6. The van der Waals surface area contributed by atoms with E-state index in [0.717, 1.165) is 12.1 Å². The molecule has 4 aromatic carbocycles. The zero-order valence-electron chi connectivity index (χ0n) is 32.9. The van der Waals surface area contributed by atoms with E-state index in [1.807, 2.05) is 6.20 Å². The van der Waals surface area contributed by atoms with Gasteiger partial charge in [0.1, 0.15) is 0 Å². The van der Waals surface area contributed by atoms with Crippen molar-refractivity contribution in [2.24, 2.45) is 22.7 Å². The van der Waals surface area contributed by atoms with Crippen LogP contribution >= 0.6 is 0 Å². The van der Waals surface area contributed by atoms with E-state index >= 15 is 0 Å². The van der Waals surface area contributed by atoms with Gasteiger partial charge in [0.15, 0.2) is 0 Å². The Morgan fingerprint density at radius 3 is 2.40 bits per heavy atom. The molecule has 9 rings (SSSR count). The molecule has 3 heteroatoms. The van der Waals surface area contributed by atoms with E-state index in [9.17, 15) is 0 Å². The van der Waals surface area contributed by atoms with Gasteiger partial charge < -0.3 is 9.80 Å². The Kier molecular flexibility index (Phi) is 8.84. The molecule has 0 saturated heterocycles. The van der Waals surface area contributed by atoms with E-state index in [1.54, 1.807) is 0 Å². The minimum absolute atomic E-state index is 0.0838. The minimum Gasteiger partial charge on any atom is -0.337 e. The lowest BCUT2D eigenvalue weighted by atomic mass is 9.79. The second-order valence-electron chi connectivity index (χ2n) is 16.6. The van der Waals surface area contributed by atoms with Crippen molar-refractivity contribution in [1.82, 2.24) is 0 Å². The fourth-order valence-electron chi connectivity index (χ4n) is 9.74. The van der Waals surface area contributed by atoms with Crippen LogP contribution in [-0.4, -0.2) is 12.3 Å². The van der Waals surface area contributed by atoms with Crippen molar-refractivity contribution >= 4 is 23.3 Å². The Bertz CT molecular complexity index is 2410. The number of benzene rings is 4. The molecule has 3 nitrogen and oxygen atoms in total. The molecule has 0 bridgehead atoms. The second kappa shape index (κ2) is 13.9. The topological polar surface area (TPSA) is 18.8 Å². The number of hydrogen-bond acceptors (Lipinski definition) is 3. The number of fused-ring (bicyclic) bond motifs is 6. The molecule has 4 aromatic rings. The van der Waals surface area contributed by atoms with Gasteiger partial charge in [-0.15, -0.1) is 0 Å². The zero-order chi connectivity index (χ0) is 37.8. The van der Waals surface area contributed by atoms with E-state index in [1.165, 1.54) is 67.3 Å². The third-order valence-corrected chi connectivity index (χ3v) is 12.6. The SMILES string of the molecule is C/C=C\C=C(/C)N1c2ccc(-c3ccc(N(C4=CC(C)CC(C5C=NC=CC5C)=C4)c4ccc5c(c4)C(C)(C)c4ccccc4-5)cc3)cc2C2C=CC=CC21. The number of allylic oxidation sites excluding steroid dienone is 10. The summed E-state index contributed by atoms with van der Waals surface area (Å²) in [5.41, 5.74) is 16.8. The molecule has 5 unspecified atom stereocenters. The molecule has 3 aliphatic carbocycles. The number of aliphatic imine (C=N–C) groups is 1. The quantitative estimate of drug-likeness (QED) is 0.177. The van der Waals surface area contributed by atoms with Gasteiger partial charge in [-0.1, -0.05) is 130 Å². The number of hydrogen-bond donors (Lipinski definition) is 0. The van der Waals surface area contributed by atoms with E-state index in [4.69, 9.17) is 0 Å². The van der Waals surface area contributed by atoms with Crippen molar-refractivity contribution in [3.05, 3.63) is 186 Å². The molecule has 0 saturated carbocycles.